The van der Waals surface area contributed by atoms with E-state index < -0.39 is 0 Å². The van der Waals surface area contributed by atoms with Crippen molar-refractivity contribution in [1.82, 2.24) is 0 Å². The molecule has 0 aromatic heterocycles. The average molecular weight is 1200 g/mol. The average Bonchev–Trinajstić information content (AvgIpc) is 3.32. The first-order valence-electron chi connectivity index (χ1n) is 29.0. The third-order valence-corrected chi connectivity index (χ3v) is 19.4. The van der Waals surface area contributed by atoms with Crippen LogP contribution >= 0.6 is 0 Å². The fraction of sp³-hybridized carbons (Fsp3) is 0.500. The van der Waals surface area contributed by atoms with Crippen LogP contribution in [-0.4, -0.2) is 45.0 Å². The van der Waals surface area contributed by atoms with Crippen LogP contribution in [0.1, 0.15) is 304 Å². The van der Waals surface area contributed by atoms with Crippen molar-refractivity contribution in [3.05, 3.63) is 152 Å². The van der Waals surface area contributed by atoms with E-state index in [1.165, 1.54) is 118 Å². The van der Waals surface area contributed by atoms with Gasteiger partial charge in [0.25, 0.3) is 0 Å². The maximum atomic E-state index is 2.50. The van der Waals surface area contributed by atoms with E-state index in [9.17, 15) is 0 Å². The normalized spacial score (nSPS) is 12.3. The zero-order chi connectivity index (χ0) is 55.5. The molecule has 396 valence electrons. The molecule has 0 aliphatic heterocycles. The predicted molar refractivity (Wildman–Crippen MR) is 337 cm³/mol. The Labute approximate surface area is 481 Å². The summed E-state index contributed by atoms with van der Waals surface area (Å²) in [5.41, 5.74) is 29.7. The summed E-state index contributed by atoms with van der Waals surface area (Å²) in [6.45, 7) is 56.4. The van der Waals surface area contributed by atoms with Crippen LogP contribution < -0.4 is 7.16 Å². The molecule has 0 atom stereocenters. The molecule has 74 heavy (non-hydrogen) atoms. The molecule has 6 rings (SSSR count). The fourth-order valence-electron chi connectivity index (χ4n) is 11.1. The van der Waals surface area contributed by atoms with E-state index in [1.54, 1.807) is 0 Å². The SMILES string of the molecule is CC(C)c1cc(C(C)C)c(-c2cccc(-c3c(C(C)C)cc(C(C)C)cc3C(C)C)[c]2[SnH])c(C(C)C)c1.CC(C)c1cc(C(C)C)c(-c2cccc(-c3c(C(C)C)cc(C(C)C)cc3C(C)C)[c]2[SnH])c(C(C)C)c1. The summed E-state index contributed by atoms with van der Waals surface area (Å²) in [4.78, 5) is 0. The first-order chi connectivity index (χ1) is 34.5. The van der Waals surface area contributed by atoms with E-state index in [-0.39, 0.29) is 0 Å². The van der Waals surface area contributed by atoms with E-state index in [0.29, 0.717) is 71.0 Å². The van der Waals surface area contributed by atoms with E-state index in [4.69, 9.17) is 0 Å². The molecule has 0 saturated carbocycles. The second-order valence-corrected chi connectivity index (χ2v) is 29.0. The van der Waals surface area contributed by atoms with Crippen LogP contribution in [0.15, 0.2) is 84.9 Å². The van der Waals surface area contributed by atoms with Gasteiger partial charge in [-0.3, -0.25) is 0 Å². The second-order valence-electron chi connectivity index (χ2n) is 25.7. The molecular weight excluding hydrogens is 1100 g/mol. The summed E-state index contributed by atoms with van der Waals surface area (Å²) in [6.07, 6.45) is 0. The van der Waals surface area contributed by atoms with Crippen LogP contribution in [0.5, 0.6) is 0 Å². The molecule has 6 aromatic rings. The molecule has 0 saturated heterocycles. The Morgan fingerprint density at radius 1 is 0.216 bits per heavy atom. The van der Waals surface area contributed by atoms with Crippen molar-refractivity contribution in [1.29, 1.82) is 0 Å². The van der Waals surface area contributed by atoms with E-state index in [1.807, 2.05) is 0 Å². The Hall–Kier alpha value is -3.08. The molecule has 0 heterocycles. The van der Waals surface area contributed by atoms with Gasteiger partial charge in [-0.1, -0.05) is 0 Å². The molecule has 0 fully saturated rings. The molecule has 0 spiro atoms. The minimum absolute atomic E-state index is 0.484. The monoisotopic (exact) mass is 1200 g/mol. The Balaban J connectivity index is 0.000000274. The topological polar surface area (TPSA) is 0 Å². The van der Waals surface area contributed by atoms with Gasteiger partial charge < -0.3 is 0 Å². The van der Waals surface area contributed by atoms with Gasteiger partial charge in [-0.15, -0.1) is 0 Å². The van der Waals surface area contributed by atoms with Crippen molar-refractivity contribution < 1.29 is 0 Å². The number of benzene rings is 6. The van der Waals surface area contributed by atoms with Crippen LogP contribution in [0.25, 0.3) is 44.5 Å². The summed E-state index contributed by atoms with van der Waals surface area (Å²) in [6, 6.07) is 34.2. The summed E-state index contributed by atoms with van der Waals surface area (Å²) in [7, 11) is 0. The summed E-state index contributed by atoms with van der Waals surface area (Å²) >= 11 is 2.20. The third kappa shape index (κ3) is 13.6. The zero-order valence-corrected chi connectivity index (χ0v) is 57.8. The number of rotatable bonds is 16. The van der Waals surface area contributed by atoms with Gasteiger partial charge in [-0.05, 0) is 0 Å². The Kier molecular flexibility index (Phi) is 21.7. The molecule has 0 aliphatic rings. The fourth-order valence-corrected chi connectivity index (χ4v) is 13.8. The van der Waals surface area contributed by atoms with E-state index >= 15 is 0 Å². The molecule has 0 amide bonds. The van der Waals surface area contributed by atoms with E-state index in [0.717, 1.165) is 45.0 Å². The molecule has 0 nitrogen and oxygen atoms in total. The van der Waals surface area contributed by atoms with Crippen LogP contribution in [-0.2, 0) is 0 Å². The molecule has 0 unspecified atom stereocenters. The zero-order valence-electron chi connectivity index (χ0n) is 51.2. The van der Waals surface area contributed by atoms with Gasteiger partial charge in [0.1, 0.15) is 0 Å². The molecule has 4 radical (unpaired) electrons. The Morgan fingerprint density at radius 3 is 0.459 bits per heavy atom. The van der Waals surface area contributed by atoms with Crippen molar-refractivity contribution in [2.75, 3.05) is 0 Å². The van der Waals surface area contributed by atoms with Crippen LogP contribution in [0.2, 0.25) is 0 Å². The second kappa shape index (κ2) is 26.0. The van der Waals surface area contributed by atoms with Gasteiger partial charge >= 0.3 is 486 Å². The van der Waals surface area contributed by atoms with Crippen molar-refractivity contribution in [3.8, 4) is 44.5 Å². The van der Waals surface area contributed by atoms with Gasteiger partial charge in [0.2, 0.25) is 0 Å². The molecule has 0 aliphatic carbocycles. The third-order valence-electron chi connectivity index (χ3n) is 15.8. The molecule has 0 N–H and O–H groups in total. The Bertz CT molecular complexity index is 2370. The molecule has 6 aromatic carbocycles. The van der Waals surface area contributed by atoms with Crippen LogP contribution in [0, 0.1) is 0 Å². The molecular formula is C72H100Sn2. The van der Waals surface area contributed by atoms with Crippen molar-refractivity contribution >= 4 is 52.2 Å². The van der Waals surface area contributed by atoms with Crippen LogP contribution in [0.4, 0.5) is 0 Å². The van der Waals surface area contributed by atoms with Gasteiger partial charge in [0.05, 0.1) is 0 Å². The standard InChI is InChI=1S/2C36H49.2Sn.2H/c2*1-21(2)29-17-31(23(5)6)35(32(18-29)24(7)8)27-14-13-15-28(16-27)36-33(25(9)10)19-30(22(3)4)20-34(36)26(11)12;;;;/h2*13-15,17-26H,1-12H3;;;;. The first-order valence-corrected chi connectivity index (χ1v) is 32.3. The molecule has 0 bridgehead atoms. The molecule has 2 heteroatoms. The number of hydrogen-bond acceptors (Lipinski definition) is 0. The summed E-state index contributed by atoms with van der Waals surface area (Å²) in [5, 5.41) is 0. The first kappa shape index (κ1) is 61.8. The van der Waals surface area contributed by atoms with Gasteiger partial charge in [-0.2, -0.15) is 0 Å². The van der Waals surface area contributed by atoms with Crippen molar-refractivity contribution in [3.63, 3.8) is 0 Å². The quantitative estimate of drug-likeness (QED) is 0.0848. The van der Waals surface area contributed by atoms with Gasteiger partial charge in [0, 0.05) is 0 Å². The van der Waals surface area contributed by atoms with E-state index in [2.05, 4.69) is 251 Å². The Morgan fingerprint density at radius 2 is 0.351 bits per heavy atom. The minimum atomic E-state index is 0.484. The van der Waals surface area contributed by atoms with Crippen molar-refractivity contribution in [2.24, 2.45) is 0 Å². The maximum absolute atomic E-state index is 2.50. The van der Waals surface area contributed by atoms with Crippen molar-refractivity contribution in [2.45, 2.75) is 237 Å². The van der Waals surface area contributed by atoms with Crippen LogP contribution in [0.3, 0.4) is 0 Å². The predicted octanol–water partition coefficient (Wildman–Crippen LogP) is 20.6. The van der Waals surface area contributed by atoms with Gasteiger partial charge in [-0.25, -0.2) is 0 Å². The number of hydrogen-bond donors (Lipinski definition) is 0. The summed E-state index contributed by atoms with van der Waals surface area (Å²) < 4.78 is 3.07. The van der Waals surface area contributed by atoms with Gasteiger partial charge in [0.15, 0.2) is 0 Å². The summed E-state index contributed by atoms with van der Waals surface area (Å²) in [5.74, 6) is 6.01.